The standard InChI is InChI=1S/C13H27N3O3S/c1-4-20(18,19)15-11-5-7-16(8-6-11)13(17)12(14)9-10(2)3/h10-12,15H,4-9,14H2,1-3H3/t12-/m0/s1. The fraction of sp³-hybridized carbons (Fsp3) is 0.923. The van der Waals surface area contributed by atoms with Gasteiger partial charge < -0.3 is 10.6 Å². The second-order valence-corrected chi connectivity index (χ2v) is 7.90. The maximum absolute atomic E-state index is 12.1. The molecule has 0 radical (unpaired) electrons. The Labute approximate surface area is 122 Å². The third kappa shape index (κ3) is 5.38. The van der Waals surface area contributed by atoms with Crippen LogP contribution in [-0.2, 0) is 14.8 Å². The van der Waals surface area contributed by atoms with Crippen LogP contribution in [0.3, 0.4) is 0 Å². The van der Waals surface area contributed by atoms with E-state index in [9.17, 15) is 13.2 Å². The molecule has 7 heteroatoms. The Kier molecular flexibility index (Phi) is 6.42. The fourth-order valence-electron chi connectivity index (χ4n) is 2.40. The van der Waals surface area contributed by atoms with Gasteiger partial charge in [0.05, 0.1) is 11.8 Å². The van der Waals surface area contributed by atoms with Gasteiger partial charge in [0, 0.05) is 19.1 Å². The number of nitrogens with zero attached hydrogens (tertiary/aromatic N) is 1. The largest absolute Gasteiger partial charge is 0.341 e. The lowest BCUT2D eigenvalue weighted by molar-refractivity contribution is -0.134. The van der Waals surface area contributed by atoms with Crippen LogP contribution in [0.1, 0.15) is 40.0 Å². The molecule has 6 nitrogen and oxygen atoms in total. The van der Waals surface area contributed by atoms with Gasteiger partial charge in [0.1, 0.15) is 0 Å². The first-order chi connectivity index (χ1) is 9.25. The topological polar surface area (TPSA) is 92.5 Å². The first kappa shape index (κ1) is 17.4. The predicted molar refractivity (Wildman–Crippen MR) is 79.6 cm³/mol. The molecule has 1 amide bonds. The summed E-state index contributed by atoms with van der Waals surface area (Å²) in [6.07, 6.45) is 1.99. The third-order valence-electron chi connectivity index (χ3n) is 3.58. The Morgan fingerprint density at radius 3 is 2.35 bits per heavy atom. The summed E-state index contributed by atoms with van der Waals surface area (Å²) in [6, 6.07) is -0.510. The maximum Gasteiger partial charge on any atom is 0.239 e. The van der Waals surface area contributed by atoms with Crippen LogP contribution in [-0.4, -0.2) is 50.2 Å². The highest BCUT2D eigenvalue weighted by Crippen LogP contribution is 2.14. The molecule has 1 saturated heterocycles. The average Bonchev–Trinajstić information content (AvgIpc) is 2.37. The van der Waals surface area contributed by atoms with Crippen molar-refractivity contribution in [1.29, 1.82) is 0 Å². The van der Waals surface area contributed by atoms with Crippen molar-refractivity contribution >= 4 is 15.9 Å². The van der Waals surface area contributed by atoms with Crippen LogP contribution in [0.15, 0.2) is 0 Å². The molecule has 20 heavy (non-hydrogen) atoms. The molecule has 0 aromatic carbocycles. The van der Waals surface area contributed by atoms with Gasteiger partial charge >= 0.3 is 0 Å². The van der Waals surface area contributed by atoms with E-state index in [4.69, 9.17) is 5.73 Å². The number of carbonyl (C=O) groups is 1. The van der Waals surface area contributed by atoms with Crippen LogP contribution in [0, 0.1) is 5.92 Å². The van der Waals surface area contributed by atoms with E-state index in [2.05, 4.69) is 4.72 Å². The molecule has 1 fully saturated rings. The van der Waals surface area contributed by atoms with E-state index in [1.54, 1.807) is 11.8 Å². The monoisotopic (exact) mass is 305 g/mol. The number of nitrogens with one attached hydrogen (secondary N) is 1. The van der Waals surface area contributed by atoms with Gasteiger partial charge in [-0.15, -0.1) is 0 Å². The number of piperidine rings is 1. The first-order valence-electron chi connectivity index (χ1n) is 7.29. The van der Waals surface area contributed by atoms with E-state index in [1.165, 1.54) is 0 Å². The minimum atomic E-state index is -3.17. The zero-order valence-corrected chi connectivity index (χ0v) is 13.4. The Balaban J connectivity index is 2.44. The van der Waals surface area contributed by atoms with Gasteiger partial charge in [0.25, 0.3) is 0 Å². The number of nitrogens with two attached hydrogens (primary N) is 1. The SMILES string of the molecule is CCS(=O)(=O)NC1CCN(C(=O)[C@@H](N)CC(C)C)CC1. The summed E-state index contributed by atoms with van der Waals surface area (Å²) in [5.74, 6) is 0.462. The molecule has 1 aliphatic rings. The summed E-state index contributed by atoms with van der Waals surface area (Å²) in [5, 5.41) is 0. The third-order valence-corrected chi connectivity index (χ3v) is 5.03. The number of sulfonamides is 1. The van der Waals surface area contributed by atoms with E-state index in [-0.39, 0.29) is 17.7 Å². The molecule has 1 atom stereocenters. The van der Waals surface area contributed by atoms with Crippen LogP contribution >= 0.6 is 0 Å². The molecule has 0 aromatic heterocycles. The molecule has 0 bridgehead atoms. The highest BCUT2D eigenvalue weighted by Gasteiger charge is 2.28. The van der Waals surface area contributed by atoms with Crippen LogP contribution in [0.25, 0.3) is 0 Å². The van der Waals surface area contributed by atoms with Crippen LogP contribution in [0.4, 0.5) is 0 Å². The first-order valence-corrected chi connectivity index (χ1v) is 8.94. The highest BCUT2D eigenvalue weighted by atomic mass is 32.2. The Hall–Kier alpha value is -0.660. The molecule has 3 N–H and O–H groups in total. The lowest BCUT2D eigenvalue weighted by Crippen LogP contribution is -2.51. The highest BCUT2D eigenvalue weighted by molar-refractivity contribution is 7.89. The zero-order valence-electron chi connectivity index (χ0n) is 12.6. The van der Waals surface area contributed by atoms with E-state index < -0.39 is 16.1 Å². The van der Waals surface area contributed by atoms with Crippen molar-refractivity contribution < 1.29 is 13.2 Å². The van der Waals surface area contributed by atoms with E-state index in [0.29, 0.717) is 38.3 Å². The molecule has 1 aliphatic heterocycles. The summed E-state index contributed by atoms with van der Waals surface area (Å²) in [5.41, 5.74) is 5.90. The molecule has 0 unspecified atom stereocenters. The summed E-state index contributed by atoms with van der Waals surface area (Å²) in [7, 11) is -3.17. The average molecular weight is 305 g/mol. The maximum atomic E-state index is 12.1. The van der Waals surface area contributed by atoms with Crippen LogP contribution in [0.2, 0.25) is 0 Å². The van der Waals surface area contributed by atoms with Crippen molar-refractivity contribution in [1.82, 2.24) is 9.62 Å². The minimum Gasteiger partial charge on any atom is -0.341 e. The molecular weight excluding hydrogens is 278 g/mol. The number of carbonyl (C=O) groups excluding carboxylic acids is 1. The van der Waals surface area contributed by atoms with Crippen molar-refractivity contribution in [2.24, 2.45) is 11.7 Å². The molecule has 0 spiro atoms. The Morgan fingerprint density at radius 2 is 1.90 bits per heavy atom. The molecule has 0 aliphatic carbocycles. The van der Waals surface area contributed by atoms with Gasteiger partial charge in [0.2, 0.25) is 15.9 Å². The normalized spacial score (nSPS) is 19.4. The van der Waals surface area contributed by atoms with Crippen molar-refractivity contribution in [2.45, 2.75) is 52.1 Å². The van der Waals surface area contributed by atoms with Gasteiger partial charge in [-0.1, -0.05) is 13.8 Å². The number of hydrogen-bond donors (Lipinski definition) is 2. The molecule has 118 valence electrons. The van der Waals surface area contributed by atoms with E-state index >= 15 is 0 Å². The number of hydrogen-bond acceptors (Lipinski definition) is 4. The molecular formula is C13H27N3O3S. The molecule has 1 rings (SSSR count). The molecule has 0 aromatic rings. The molecule has 1 heterocycles. The lowest BCUT2D eigenvalue weighted by Gasteiger charge is -2.33. The fourth-order valence-corrected chi connectivity index (χ4v) is 3.31. The molecule has 0 saturated carbocycles. The summed E-state index contributed by atoms with van der Waals surface area (Å²) in [4.78, 5) is 13.9. The van der Waals surface area contributed by atoms with E-state index in [0.717, 1.165) is 0 Å². The zero-order chi connectivity index (χ0) is 15.3. The summed E-state index contributed by atoms with van der Waals surface area (Å²) < 4.78 is 25.7. The number of amides is 1. The van der Waals surface area contributed by atoms with Crippen molar-refractivity contribution in [2.75, 3.05) is 18.8 Å². The van der Waals surface area contributed by atoms with Crippen molar-refractivity contribution in [3.05, 3.63) is 0 Å². The smallest absolute Gasteiger partial charge is 0.239 e. The summed E-state index contributed by atoms with van der Waals surface area (Å²) in [6.45, 7) is 6.84. The van der Waals surface area contributed by atoms with E-state index in [1.807, 2.05) is 13.8 Å². The van der Waals surface area contributed by atoms with Crippen LogP contribution in [0.5, 0.6) is 0 Å². The quantitative estimate of drug-likeness (QED) is 0.737. The van der Waals surface area contributed by atoms with Gasteiger partial charge in [0.15, 0.2) is 0 Å². The van der Waals surface area contributed by atoms with Crippen molar-refractivity contribution in [3.8, 4) is 0 Å². The van der Waals surface area contributed by atoms with Gasteiger partial charge in [-0.2, -0.15) is 0 Å². The number of likely N-dealkylation sites (tertiary alicyclic amines) is 1. The number of rotatable bonds is 6. The lowest BCUT2D eigenvalue weighted by atomic mass is 10.0. The Bertz CT molecular complexity index is 415. The summed E-state index contributed by atoms with van der Waals surface area (Å²) >= 11 is 0. The van der Waals surface area contributed by atoms with Gasteiger partial charge in [-0.25, -0.2) is 13.1 Å². The van der Waals surface area contributed by atoms with Gasteiger partial charge in [-0.3, -0.25) is 4.79 Å². The van der Waals surface area contributed by atoms with Crippen molar-refractivity contribution in [3.63, 3.8) is 0 Å². The predicted octanol–water partition coefficient (Wildman–Crippen LogP) is 0.290. The second kappa shape index (κ2) is 7.38. The minimum absolute atomic E-state index is 0.0181. The second-order valence-electron chi connectivity index (χ2n) is 5.86. The van der Waals surface area contributed by atoms with Crippen LogP contribution < -0.4 is 10.5 Å². The van der Waals surface area contributed by atoms with Gasteiger partial charge in [-0.05, 0) is 32.1 Å². The Morgan fingerprint density at radius 1 is 1.35 bits per heavy atom.